The van der Waals surface area contributed by atoms with Crippen LogP contribution in [0.2, 0.25) is 5.02 Å². The number of fused-ring (bicyclic) bond motifs is 1. The van der Waals surface area contributed by atoms with Gasteiger partial charge in [-0.3, -0.25) is 4.90 Å². The Bertz CT molecular complexity index is 842. The molecule has 0 bridgehead atoms. The molecule has 1 aliphatic rings. The third-order valence-corrected chi connectivity index (χ3v) is 6.40. The van der Waals surface area contributed by atoms with Crippen LogP contribution in [0, 0.1) is 0 Å². The summed E-state index contributed by atoms with van der Waals surface area (Å²) >= 11 is 9.35. The molecule has 1 aromatic carbocycles. The number of nitrogens with zero attached hydrogens (tertiary/aromatic N) is 4. The van der Waals surface area contributed by atoms with Crippen LogP contribution in [0.3, 0.4) is 0 Å². The first-order valence-corrected chi connectivity index (χ1v) is 10.3. The SMILES string of the molecule is CSc1nnc(CN2CCC(c3nc4cc(Cl)ccc4o3)CC2)s1. The van der Waals surface area contributed by atoms with Crippen molar-refractivity contribution in [2.45, 2.75) is 29.6 Å². The van der Waals surface area contributed by atoms with Gasteiger partial charge in [0.25, 0.3) is 0 Å². The number of likely N-dealkylation sites (tertiary alicyclic amines) is 1. The van der Waals surface area contributed by atoms with E-state index in [9.17, 15) is 0 Å². The first kappa shape index (κ1) is 16.3. The van der Waals surface area contributed by atoms with Crippen LogP contribution in [0.15, 0.2) is 27.0 Å². The fourth-order valence-corrected chi connectivity index (χ4v) is 4.53. The number of thioether (sulfide) groups is 1. The van der Waals surface area contributed by atoms with E-state index >= 15 is 0 Å². The first-order chi connectivity index (χ1) is 11.7. The Labute approximate surface area is 153 Å². The average molecular weight is 381 g/mol. The van der Waals surface area contributed by atoms with Gasteiger partial charge in [0, 0.05) is 10.9 Å². The van der Waals surface area contributed by atoms with Crippen molar-refractivity contribution in [3.8, 4) is 0 Å². The Kier molecular flexibility index (Phi) is 4.76. The molecule has 1 fully saturated rings. The number of hydrogen-bond donors (Lipinski definition) is 0. The highest BCUT2D eigenvalue weighted by Crippen LogP contribution is 2.31. The zero-order valence-corrected chi connectivity index (χ0v) is 15.6. The second-order valence-electron chi connectivity index (χ2n) is 5.88. The monoisotopic (exact) mass is 380 g/mol. The summed E-state index contributed by atoms with van der Waals surface area (Å²) in [7, 11) is 0. The zero-order valence-electron chi connectivity index (χ0n) is 13.2. The molecule has 0 aliphatic carbocycles. The summed E-state index contributed by atoms with van der Waals surface area (Å²) in [6.07, 6.45) is 4.13. The molecule has 0 saturated carbocycles. The highest BCUT2D eigenvalue weighted by atomic mass is 35.5. The largest absolute Gasteiger partial charge is 0.440 e. The van der Waals surface area contributed by atoms with Crippen molar-refractivity contribution in [1.82, 2.24) is 20.1 Å². The normalized spacial score (nSPS) is 16.9. The maximum absolute atomic E-state index is 6.02. The summed E-state index contributed by atoms with van der Waals surface area (Å²) in [5.41, 5.74) is 1.66. The van der Waals surface area contributed by atoms with Gasteiger partial charge < -0.3 is 4.42 Å². The van der Waals surface area contributed by atoms with Gasteiger partial charge in [-0.25, -0.2) is 4.98 Å². The molecule has 0 unspecified atom stereocenters. The van der Waals surface area contributed by atoms with E-state index in [0.717, 1.165) is 58.8 Å². The molecular formula is C16H17ClN4OS2. The predicted molar refractivity (Wildman–Crippen MR) is 98.0 cm³/mol. The first-order valence-electron chi connectivity index (χ1n) is 7.86. The van der Waals surface area contributed by atoms with E-state index in [1.807, 2.05) is 24.5 Å². The number of benzene rings is 1. The van der Waals surface area contributed by atoms with Gasteiger partial charge in [-0.15, -0.1) is 10.2 Å². The van der Waals surface area contributed by atoms with Crippen LogP contribution in [0.1, 0.15) is 29.7 Å². The van der Waals surface area contributed by atoms with E-state index in [-0.39, 0.29) is 0 Å². The minimum Gasteiger partial charge on any atom is -0.440 e. The lowest BCUT2D eigenvalue weighted by Crippen LogP contribution is -2.32. The minimum atomic E-state index is 0.378. The van der Waals surface area contributed by atoms with Crippen LogP contribution in [-0.4, -0.2) is 39.4 Å². The number of oxazole rings is 1. The molecule has 1 aliphatic heterocycles. The molecule has 3 aromatic rings. The topological polar surface area (TPSA) is 55.1 Å². The van der Waals surface area contributed by atoms with Gasteiger partial charge >= 0.3 is 0 Å². The van der Waals surface area contributed by atoms with Crippen LogP contribution in [0.4, 0.5) is 0 Å². The van der Waals surface area contributed by atoms with E-state index in [1.54, 1.807) is 23.1 Å². The summed E-state index contributed by atoms with van der Waals surface area (Å²) in [5.74, 6) is 1.22. The molecule has 0 spiro atoms. The quantitative estimate of drug-likeness (QED) is 0.624. The Hall–Kier alpha value is -1.15. The number of halogens is 1. The maximum Gasteiger partial charge on any atom is 0.198 e. The third kappa shape index (κ3) is 3.44. The Morgan fingerprint density at radius 1 is 1.33 bits per heavy atom. The molecule has 0 atom stereocenters. The Balaban J connectivity index is 1.39. The van der Waals surface area contributed by atoms with Gasteiger partial charge in [-0.1, -0.05) is 34.7 Å². The highest BCUT2D eigenvalue weighted by Gasteiger charge is 2.25. The molecule has 5 nitrogen and oxygen atoms in total. The summed E-state index contributed by atoms with van der Waals surface area (Å²) in [5, 5.41) is 10.2. The van der Waals surface area contributed by atoms with E-state index < -0.39 is 0 Å². The second-order valence-corrected chi connectivity index (χ2v) is 8.43. The van der Waals surface area contributed by atoms with Gasteiger partial charge in [0.05, 0.1) is 6.54 Å². The number of rotatable bonds is 4. The second kappa shape index (κ2) is 7.00. The molecule has 0 radical (unpaired) electrons. The van der Waals surface area contributed by atoms with E-state index in [1.165, 1.54) is 0 Å². The lowest BCUT2D eigenvalue weighted by Gasteiger charge is -2.29. The molecule has 126 valence electrons. The van der Waals surface area contributed by atoms with Crippen molar-refractivity contribution in [3.63, 3.8) is 0 Å². The molecule has 0 amide bonds. The molecule has 4 rings (SSSR count). The van der Waals surface area contributed by atoms with Gasteiger partial charge in [-0.05, 0) is 50.4 Å². The molecular weight excluding hydrogens is 364 g/mol. The molecule has 8 heteroatoms. The van der Waals surface area contributed by atoms with Crippen molar-refractivity contribution < 1.29 is 4.42 Å². The van der Waals surface area contributed by atoms with Crippen LogP contribution < -0.4 is 0 Å². The predicted octanol–water partition coefficient (Wildman–Crippen LogP) is 4.43. The third-order valence-electron chi connectivity index (χ3n) is 4.28. The fourth-order valence-electron chi connectivity index (χ4n) is 3.01. The molecule has 24 heavy (non-hydrogen) atoms. The van der Waals surface area contributed by atoms with Crippen molar-refractivity contribution in [1.29, 1.82) is 0 Å². The smallest absolute Gasteiger partial charge is 0.198 e. The van der Waals surface area contributed by atoms with E-state index in [4.69, 9.17) is 16.0 Å². The average Bonchev–Trinajstić information content (AvgIpc) is 3.21. The summed E-state index contributed by atoms with van der Waals surface area (Å²) in [6, 6.07) is 5.59. The van der Waals surface area contributed by atoms with Crippen LogP contribution >= 0.6 is 34.7 Å². The van der Waals surface area contributed by atoms with Crippen molar-refractivity contribution in [2.75, 3.05) is 19.3 Å². The lowest BCUT2D eigenvalue weighted by molar-refractivity contribution is 0.193. The van der Waals surface area contributed by atoms with Gasteiger partial charge in [0.15, 0.2) is 15.8 Å². The number of aromatic nitrogens is 3. The van der Waals surface area contributed by atoms with Gasteiger partial charge in [0.2, 0.25) is 0 Å². The summed E-state index contributed by atoms with van der Waals surface area (Å²) in [6.45, 7) is 2.94. The minimum absolute atomic E-state index is 0.378. The molecule has 3 heterocycles. The van der Waals surface area contributed by atoms with E-state index in [2.05, 4.69) is 20.1 Å². The summed E-state index contributed by atoms with van der Waals surface area (Å²) < 4.78 is 6.96. The van der Waals surface area contributed by atoms with Crippen LogP contribution in [0.25, 0.3) is 11.1 Å². The zero-order chi connectivity index (χ0) is 16.5. The number of piperidine rings is 1. The van der Waals surface area contributed by atoms with Gasteiger partial charge in [0.1, 0.15) is 10.5 Å². The van der Waals surface area contributed by atoms with Crippen molar-refractivity contribution >= 4 is 45.8 Å². The molecule has 1 saturated heterocycles. The number of hydrogen-bond acceptors (Lipinski definition) is 7. The van der Waals surface area contributed by atoms with Crippen molar-refractivity contribution in [2.24, 2.45) is 0 Å². The summed E-state index contributed by atoms with van der Waals surface area (Å²) in [4.78, 5) is 7.06. The van der Waals surface area contributed by atoms with E-state index in [0.29, 0.717) is 10.9 Å². The Morgan fingerprint density at radius 2 is 2.17 bits per heavy atom. The van der Waals surface area contributed by atoms with Crippen molar-refractivity contribution in [3.05, 3.63) is 34.1 Å². The fraction of sp³-hybridized carbons (Fsp3) is 0.438. The van der Waals surface area contributed by atoms with Crippen LogP contribution in [-0.2, 0) is 6.54 Å². The lowest BCUT2D eigenvalue weighted by atomic mass is 9.97. The molecule has 2 aromatic heterocycles. The molecule has 0 N–H and O–H groups in total. The maximum atomic E-state index is 6.02. The Morgan fingerprint density at radius 3 is 2.92 bits per heavy atom. The van der Waals surface area contributed by atoms with Gasteiger partial charge in [-0.2, -0.15) is 0 Å². The highest BCUT2D eigenvalue weighted by molar-refractivity contribution is 8.00. The standard InChI is InChI=1S/C16H17ClN4OS2/c1-23-16-20-19-14(24-16)9-21-6-4-10(5-7-21)15-18-12-8-11(17)2-3-13(12)22-15/h2-3,8,10H,4-7,9H2,1H3. The van der Waals surface area contributed by atoms with Crippen LogP contribution in [0.5, 0.6) is 0 Å².